The summed E-state index contributed by atoms with van der Waals surface area (Å²) in [5, 5.41) is 0. The van der Waals surface area contributed by atoms with E-state index in [9.17, 15) is 0 Å². The van der Waals surface area contributed by atoms with E-state index >= 15 is 0 Å². The number of nitrogens with zero attached hydrogens (tertiary/aromatic N) is 3. The van der Waals surface area contributed by atoms with Gasteiger partial charge in [-0.3, -0.25) is 0 Å². The first kappa shape index (κ1) is 50.0. The van der Waals surface area contributed by atoms with Crippen LogP contribution in [0.4, 0.5) is 45.5 Å². The highest BCUT2D eigenvalue weighted by Gasteiger charge is 2.60. The van der Waals surface area contributed by atoms with Gasteiger partial charge in [-0.15, -0.1) is 0 Å². The first-order valence-corrected chi connectivity index (χ1v) is 30.8. The van der Waals surface area contributed by atoms with Crippen LogP contribution in [0.2, 0.25) is 0 Å². The zero-order valence-electron chi connectivity index (χ0n) is 51.2. The molecule has 4 heteroatoms. The second-order valence-electron chi connectivity index (χ2n) is 30.7. The summed E-state index contributed by atoms with van der Waals surface area (Å²) in [5.74, 6) is 0. The van der Waals surface area contributed by atoms with Gasteiger partial charge in [0.25, 0.3) is 6.71 Å². The average Bonchev–Trinajstić information content (AvgIpc) is 2.15. The highest BCUT2D eigenvalue weighted by molar-refractivity contribution is 7.00. The Morgan fingerprint density at radius 1 is 0.432 bits per heavy atom. The summed E-state index contributed by atoms with van der Waals surface area (Å²) in [6, 6.07) is 55.2. The monoisotopic (exact) mass is 1060 g/mol. The quantitative estimate of drug-likeness (QED) is 0.152. The molecule has 3 nitrogen and oxygen atoms in total. The zero-order chi connectivity index (χ0) is 56.4. The minimum absolute atomic E-state index is 0.00491. The summed E-state index contributed by atoms with van der Waals surface area (Å²) in [5.41, 5.74) is 34.9. The first-order chi connectivity index (χ1) is 38.2. The molecule has 8 aromatic carbocycles. The van der Waals surface area contributed by atoms with Crippen LogP contribution < -0.4 is 31.1 Å². The molecule has 3 unspecified atom stereocenters. The Bertz CT molecular complexity index is 4200. The molecule has 16 rings (SSSR count). The lowest BCUT2D eigenvalue weighted by atomic mass is 9.33. The van der Waals surface area contributed by atoms with Crippen molar-refractivity contribution in [3.8, 4) is 11.1 Å². The lowest BCUT2D eigenvalue weighted by molar-refractivity contribution is 0.195. The Balaban J connectivity index is 1.05. The molecular formula is C77H80BN3. The van der Waals surface area contributed by atoms with Gasteiger partial charge in [-0.05, 0) is 218 Å². The summed E-state index contributed by atoms with van der Waals surface area (Å²) in [6.07, 6.45) is 5.93. The summed E-state index contributed by atoms with van der Waals surface area (Å²) in [6.45, 7) is 39.8. The molecule has 81 heavy (non-hydrogen) atoms. The zero-order valence-corrected chi connectivity index (χ0v) is 51.2. The predicted molar refractivity (Wildman–Crippen MR) is 344 cm³/mol. The number of hydrogen-bond acceptors (Lipinski definition) is 3. The normalized spacial score (nSPS) is 24.2. The molecule has 4 aliphatic carbocycles. The van der Waals surface area contributed by atoms with E-state index in [1.807, 2.05) is 0 Å². The molecule has 1 saturated carbocycles. The Hall–Kier alpha value is -6.78. The van der Waals surface area contributed by atoms with Crippen molar-refractivity contribution in [1.82, 2.24) is 0 Å². The molecule has 1 fully saturated rings. The fourth-order valence-corrected chi connectivity index (χ4v) is 19.2. The first-order valence-electron chi connectivity index (χ1n) is 30.8. The Kier molecular flexibility index (Phi) is 9.42. The fraction of sp³-hybridized carbons (Fsp3) is 0.377. The van der Waals surface area contributed by atoms with Gasteiger partial charge in [0.05, 0.1) is 5.54 Å². The molecule has 0 amide bonds. The second-order valence-corrected chi connectivity index (χ2v) is 30.7. The number of aryl methyl sites for hydroxylation is 2. The van der Waals surface area contributed by atoms with Gasteiger partial charge in [0.2, 0.25) is 0 Å². The molecule has 406 valence electrons. The molecule has 8 aromatic rings. The van der Waals surface area contributed by atoms with Crippen LogP contribution in [0.5, 0.6) is 0 Å². The van der Waals surface area contributed by atoms with Crippen LogP contribution in [-0.2, 0) is 37.9 Å². The van der Waals surface area contributed by atoms with Gasteiger partial charge in [0.1, 0.15) is 0 Å². The van der Waals surface area contributed by atoms with E-state index in [1.165, 1.54) is 165 Å². The summed E-state index contributed by atoms with van der Waals surface area (Å²) < 4.78 is 0. The number of benzene rings is 8. The third kappa shape index (κ3) is 5.98. The van der Waals surface area contributed by atoms with Crippen LogP contribution >= 0.6 is 0 Å². The van der Waals surface area contributed by atoms with Gasteiger partial charge in [-0.2, -0.15) is 0 Å². The fourth-order valence-electron chi connectivity index (χ4n) is 19.2. The lowest BCUT2D eigenvalue weighted by Crippen LogP contribution is -2.61. The lowest BCUT2D eigenvalue weighted by Gasteiger charge is -2.51. The molecule has 0 aromatic heterocycles. The highest BCUT2D eigenvalue weighted by Crippen LogP contribution is 2.65. The largest absolute Gasteiger partial charge is 0.334 e. The number of rotatable bonds is 1. The van der Waals surface area contributed by atoms with Crippen molar-refractivity contribution in [1.29, 1.82) is 0 Å². The van der Waals surface area contributed by atoms with Crippen LogP contribution in [0.25, 0.3) is 11.1 Å². The molecular weight excluding hydrogens is 978 g/mol. The third-order valence-corrected chi connectivity index (χ3v) is 23.3. The maximum Gasteiger partial charge on any atom is 0.252 e. The Labute approximate surface area is 483 Å². The van der Waals surface area contributed by atoms with Crippen molar-refractivity contribution in [2.45, 2.75) is 186 Å². The SMILES string of the molecule is Cc1cc2c3c(c1)N1c4cc5c(cc4C)C(C)(C)c4ccccc4C5(C)c4cc5c(cc4C(C)(C)C)C4(C)CCCCC4(C)N5c4ccc(c1c4)B3c1cc3c(cc1N2c1ccc2c(c1)-c1ccccc1C2(C)C)C(C)(C)CC3(C)C. The van der Waals surface area contributed by atoms with E-state index in [1.54, 1.807) is 0 Å². The topological polar surface area (TPSA) is 9.72 Å². The Morgan fingerprint density at radius 2 is 1.04 bits per heavy atom. The minimum atomic E-state index is -0.472. The van der Waals surface area contributed by atoms with Gasteiger partial charge in [-0.1, -0.05) is 175 Å². The van der Waals surface area contributed by atoms with Gasteiger partial charge in [0.15, 0.2) is 0 Å². The molecule has 4 heterocycles. The van der Waals surface area contributed by atoms with Crippen LogP contribution in [0.3, 0.4) is 0 Å². The Morgan fingerprint density at radius 3 is 1.78 bits per heavy atom. The van der Waals surface area contributed by atoms with Gasteiger partial charge in [0, 0.05) is 67.2 Å². The van der Waals surface area contributed by atoms with Gasteiger partial charge < -0.3 is 14.7 Å². The third-order valence-electron chi connectivity index (χ3n) is 23.3. The van der Waals surface area contributed by atoms with Crippen molar-refractivity contribution >= 4 is 68.6 Å². The molecule has 4 aliphatic heterocycles. The van der Waals surface area contributed by atoms with Crippen LogP contribution in [0.1, 0.15) is 201 Å². The minimum Gasteiger partial charge on any atom is -0.334 e. The van der Waals surface area contributed by atoms with E-state index in [4.69, 9.17) is 0 Å². The van der Waals surface area contributed by atoms with Crippen molar-refractivity contribution in [2.24, 2.45) is 0 Å². The smallest absolute Gasteiger partial charge is 0.252 e. The second kappa shape index (κ2) is 15.3. The van der Waals surface area contributed by atoms with Crippen molar-refractivity contribution in [2.75, 3.05) is 14.7 Å². The maximum absolute atomic E-state index is 2.89. The molecule has 6 bridgehead atoms. The van der Waals surface area contributed by atoms with Crippen LogP contribution in [0, 0.1) is 13.8 Å². The predicted octanol–water partition coefficient (Wildman–Crippen LogP) is 18.0. The van der Waals surface area contributed by atoms with E-state index in [0.717, 1.165) is 12.8 Å². The van der Waals surface area contributed by atoms with E-state index < -0.39 is 5.41 Å². The van der Waals surface area contributed by atoms with Crippen molar-refractivity contribution in [3.63, 3.8) is 0 Å². The van der Waals surface area contributed by atoms with Gasteiger partial charge >= 0.3 is 0 Å². The van der Waals surface area contributed by atoms with Crippen LogP contribution in [-0.4, -0.2) is 12.3 Å². The molecule has 3 atom stereocenters. The molecule has 0 radical (unpaired) electrons. The molecule has 0 saturated heterocycles. The number of hydrogen-bond donors (Lipinski definition) is 0. The average molecular weight is 1060 g/mol. The highest BCUT2D eigenvalue weighted by atomic mass is 15.3. The summed E-state index contributed by atoms with van der Waals surface area (Å²) in [7, 11) is 0. The number of anilines is 8. The summed E-state index contributed by atoms with van der Waals surface area (Å²) >= 11 is 0. The van der Waals surface area contributed by atoms with Gasteiger partial charge in [-0.25, -0.2) is 0 Å². The molecule has 8 aliphatic rings. The van der Waals surface area contributed by atoms with Crippen LogP contribution in [0.15, 0.2) is 133 Å². The molecule has 0 N–H and O–H groups in total. The van der Waals surface area contributed by atoms with E-state index in [-0.39, 0.29) is 44.7 Å². The summed E-state index contributed by atoms with van der Waals surface area (Å²) in [4.78, 5) is 8.37. The molecule has 0 spiro atoms. The van der Waals surface area contributed by atoms with Crippen molar-refractivity contribution < 1.29 is 0 Å². The maximum atomic E-state index is 2.89. The van der Waals surface area contributed by atoms with E-state index in [0.29, 0.717) is 0 Å². The van der Waals surface area contributed by atoms with Crippen molar-refractivity contribution in [3.05, 3.63) is 206 Å². The van der Waals surface area contributed by atoms with E-state index in [2.05, 4.69) is 259 Å². The standard InChI is InChI=1S/C77H80BN3/c1-44-33-67-69-68(34-44)80-63-41-59-57(35-45(63)2)74(12,13)52-25-19-20-26-53(52)77(59,16)58-42-64-60(38-54(58)70(3,4)5)75(14)31-21-22-32-76(75,15)81(64)47-28-30-61(65(80)37-47)78(69)62-39-55-56(72(8,9)43-71(55,6)7)40-66(62)79(67)46-27-29-51-49(36-46)48-23-17-18-24-50(48)73(51,10)11/h17-20,23-30,33-42H,21-22,31-32,43H2,1-16H3. The number of fused-ring (bicyclic) bond motifs is 19.